The van der Waals surface area contributed by atoms with Gasteiger partial charge in [0.1, 0.15) is 0 Å². The number of amides is 1. The van der Waals surface area contributed by atoms with E-state index in [0.29, 0.717) is 19.4 Å². The summed E-state index contributed by atoms with van der Waals surface area (Å²) in [7, 11) is 0. The number of carbonyl (C=O) groups is 2. The minimum absolute atomic E-state index is 0.103. The van der Waals surface area contributed by atoms with Gasteiger partial charge in [-0.2, -0.15) is 11.8 Å². The molecule has 1 aliphatic rings. The van der Waals surface area contributed by atoms with E-state index in [9.17, 15) is 9.59 Å². The Morgan fingerprint density at radius 1 is 1.41 bits per heavy atom. The van der Waals surface area contributed by atoms with E-state index in [-0.39, 0.29) is 11.8 Å². The van der Waals surface area contributed by atoms with Crippen LogP contribution in [0.5, 0.6) is 0 Å². The van der Waals surface area contributed by atoms with Crippen LogP contribution in [0.15, 0.2) is 12.7 Å². The number of carbonyl (C=O) groups excluding carboxylic acids is 1. The summed E-state index contributed by atoms with van der Waals surface area (Å²) in [5.74, 6) is -0.0651. The number of carboxylic acids is 1. The Bertz CT molecular complexity index is 293. The van der Waals surface area contributed by atoms with Crippen LogP contribution in [-0.4, -0.2) is 35.0 Å². The Hall–Kier alpha value is -0.970. The Balaban J connectivity index is 2.27. The summed E-state index contributed by atoms with van der Waals surface area (Å²) in [6.45, 7) is 4.21. The molecular weight excluding hydrogens is 238 g/mol. The van der Waals surface area contributed by atoms with Gasteiger partial charge in [-0.1, -0.05) is 12.5 Å². The van der Waals surface area contributed by atoms with Gasteiger partial charge in [0.05, 0.1) is 11.8 Å². The van der Waals surface area contributed by atoms with E-state index in [1.807, 2.05) is 6.08 Å². The molecule has 0 heterocycles. The molecule has 1 saturated carbocycles. The predicted molar refractivity (Wildman–Crippen MR) is 69.0 cm³/mol. The fraction of sp³-hybridized carbons (Fsp3) is 0.667. The zero-order valence-electron chi connectivity index (χ0n) is 9.85. The minimum Gasteiger partial charge on any atom is -0.481 e. The first-order valence-corrected chi connectivity index (χ1v) is 7.01. The monoisotopic (exact) mass is 257 g/mol. The van der Waals surface area contributed by atoms with Crippen LogP contribution in [-0.2, 0) is 9.59 Å². The number of hydrogen-bond donors (Lipinski definition) is 2. The normalized spacial score (nSPS) is 23.3. The van der Waals surface area contributed by atoms with Gasteiger partial charge >= 0.3 is 5.97 Å². The molecule has 0 aromatic rings. The van der Waals surface area contributed by atoms with E-state index in [1.165, 1.54) is 0 Å². The maximum absolute atomic E-state index is 11.8. The number of hydrogen-bond acceptors (Lipinski definition) is 3. The van der Waals surface area contributed by atoms with Gasteiger partial charge in [-0.3, -0.25) is 9.59 Å². The van der Waals surface area contributed by atoms with Crippen molar-refractivity contribution in [2.45, 2.75) is 19.3 Å². The molecule has 1 rings (SSSR count). The lowest BCUT2D eigenvalue weighted by molar-refractivity contribution is -0.146. The Kier molecular flexibility index (Phi) is 6.11. The lowest BCUT2D eigenvalue weighted by Crippen LogP contribution is -2.36. The first-order chi connectivity index (χ1) is 8.16. The molecule has 1 aliphatic carbocycles. The van der Waals surface area contributed by atoms with Crippen LogP contribution in [0.1, 0.15) is 19.3 Å². The summed E-state index contributed by atoms with van der Waals surface area (Å²) in [6, 6.07) is 0. The number of thioether (sulfide) groups is 1. The van der Waals surface area contributed by atoms with Crippen LogP contribution in [0.25, 0.3) is 0 Å². The average Bonchev–Trinajstić information content (AvgIpc) is 2.77. The largest absolute Gasteiger partial charge is 0.481 e. The molecule has 1 amide bonds. The third-order valence-electron chi connectivity index (χ3n) is 2.95. The SMILES string of the molecule is C=CCSCCNC(=O)C1CCCC1C(=O)O. The third-order valence-corrected chi connectivity index (χ3v) is 3.92. The molecule has 2 unspecified atom stereocenters. The van der Waals surface area contributed by atoms with Crippen molar-refractivity contribution in [2.75, 3.05) is 18.1 Å². The maximum atomic E-state index is 11.8. The van der Waals surface area contributed by atoms with Crippen molar-refractivity contribution in [3.05, 3.63) is 12.7 Å². The molecule has 0 aromatic heterocycles. The van der Waals surface area contributed by atoms with Crippen molar-refractivity contribution in [1.29, 1.82) is 0 Å². The topological polar surface area (TPSA) is 66.4 Å². The number of aliphatic carboxylic acids is 1. The quantitative estimate of drug-likeness (QED) is 0.536. The Morgan fingerprint density at radius 2 is 2.12 bits per heavy atom. The van der Waals surface area contributed by atoms with E-state index < -0.39 is 11.9 Å². The molecule has 17 heavy (non-hydrogen) atoms. The highest BCUT2D eigenvalue weighted by Crippen LogP contribution is 2.31. The first kappa shape index (κ1) is 14.1. The van der Waals surface area contributed by atoms with Gasteiger partial charge in [0.2, 0.25) is 5.91 Å². The molecule has 2 N–H and O–H groups in total. The summed E-state index contributed by atoms with van der Waals surface area (Å²) >= 11 is 1.70. The van der Waals surface area contributed by atoms with Crippen LogP contribution in [0.2, 0.25) is 0 Å². The maximum Gasteiger partial charge on any atom is 0.307 e. The molecule has 0 radical (unpaired) electrons. The van der Waals surface area contributed by atoms with Crippen molar-refractivity contribution in [2.24, 2.45) is 11.8 Å². The second kappa shape index (κ2) is 7.37. The molecule has 0 saturated heterocycles. The number of rotatable bonds is 7. The molecule has 0 aliphatic heterocycles. The van der Waals surface area contributed by atoms with Crippen molar-refractivity contribution in [3.63, 3.8) is 0 Å². The molecular formula is C12H19NO3S. The average molecular weight is 257 g/mol. The molecule has 0 bridgehead atoms. The van der Waals surface area contributed by atoms with Gasteiger partial charge in [-0.25, -0.2) is 0 Å². The molecule has 0 aromatic carbocycles. The molecule has 96 valence electrons. The molecule has 5 heteroatoms. The molecule has 2 atom stereocenters. The summed E-state index contributed by atoms with van der Waals surface area (Å²) in [5, 5.41) is 11.8. The second-order valence-corrected chi connectivity index (χ2v) is 5.29. The smallest absolute Gasteiger partial charge is 0.307 e. The fourth-order valence-corrected chi connectivity index (χ4v) is 2.69. The fourth-order valence-electron chi connectivity index (χ4n) is 2.11. The molecule has 0 spiro atoms. The van der Waals surface area contributed by atoms with Crippen LogP contribution in [0.3, 0.4) is 0 Å². The van der Waals surface area contributed by atoms with Crippen LogP contribution >= 0.6 is 11.8 Å². The highest BCUT2D eigenvalue weighted by atomic mass is 32.2. The summed E-state index contributed by atoms with van der Waals surface area (Å²) in [6.07, 6.45) is 3.98. The van der Waals surface area contributed by atoms with Gasteiger partial charge in [0, 0.05) is 18.1 Å². The van der Waals surface area contributed by atoms with E-state index in [2.05, 4.69) is 11.9 Å². The van der Waals surface area contributed by atoms with E-state index >= 15 is 0 Å². The summed E-state index contributed by atoms with van der Waals surface area (Å²) in [5.41, 5.74) is 0. The minimum atomic E-state index is -0.844. The van der Waals surface area contributed by atoms with Gasteiger partial charge < -0.3 is 10.4 Å². The summed E-state index contributed by atoms with van der Waals surface area (Å²) < 4.78 is 0. The van der Waals surface area contributed by atoms with Gasteiger partial charge in [0.15, 0.2) is 0 Å². The van der Waals surface area contributed by atoms with Crippen molar-refractivity contribution >= 4 is 23.6 Å². The predicted octanol–water partition coefficient (Wildman–Crippen LogP) is 1.52. The number of nitrogens with one attached hydrogen (secondary N) is 1. The van der Waals surface area contributed by atoms with E-state index in [0.717, 1.165) is 17.9 Å². The highest BCUT2D eigenvalue weighted by Gasteiger charge is 2.37. The van der Waals surface area contributed by atoms with E-state index in [1.54, 1.807) is 11.8 Å². The zero-order valence-corrected chi connectivity index (χ0v) is 10.7. The standard InChI is InChI=1S/C12H19NO3S/c1-2-7-17-8-6-13-11(14)9-4-3-5-10(9)12(15)16/h2,9-10H,1,3-8H2,(H,13,14)(H,15,16). The van der Waals surface area contributed by atoms with Gasteiger partial charge in [0.25, 0.3) is 0 Å². The van der Waals surface area contributed by atoms with Crippen molar-refractivity contribution < 1.29 is 14.7 Å². The molecule has 4 nitrogen and oxygen atoms in total. The zero-order chi connectivity index (χ0) is 12.7. The van der Waals surface area contributed by atoms with Gasteiger partial charge in [-0.05, 0) is 12.8 Å². The van der Waals surface area contributed by atoms with Crippen LogP contribution in [0, 0.1) is 11.8 Å². The number of carboxylic acid groups (broad SMARTS) is 1. The van der Waals surface area contributed by atoms with Crippen molar-refractivity contribution in [3.8, 4) is 0 Å². The van der Waals surface area contributed by atoms with E-state index in [4.69, 9.17) is 5.11 Å². The lowest BCUT2D eigenvalue weighted by Gasteiger charge is -2.15. The van der Waals surface area contributed by atoms with Crippen molar-refractivity contribution in [1.82, 2.24) is 5.32 Å². The third kappa shape index (κ3) is 4.42. The Labute approximate surface area is 106 Å². The highest BCUT2D eigenvalue weighted by molar-refractivity contribution is 7.99. The molecule has 1 fully saturated rings. The Morgan fingerprint density at radius 3 is 2.76 bits per heavy atom. The van der Waals surface area contributed by atoms with Gasteiger partial charge in [-0.15, -0.1) is 6.58 Å². The first-order valence-electron chi connectivity index (χ1n) is 5.86. The summed E-state index contributed by atoms with van der Waals surface area (Å²) in [4.78, 5) is 22.7. The van der Waals surface area contributed by atoms with Crippen LogP contribution in [0.4, 0.5) is 0 Å². The lowest BCUT2D eigenvalue weighted by atomic mass is 9.95. The second-order valence-electron chi connectivity index (χ2n) is 4.14. The van der Waals surface area contributed by atoms with Crippen LogP contribution < -0.4 is 5.32 Å².